The molecule has 0 aliphatic rings. The van der Waals surface area contributed by atoms with Gasteiger partial charge < -0.3 is 10.6 Å². The number of aryl methyl sites for hydroxylation is 2. The van der Waals surface area contributed by atoms with Crippen molar-refractivity contribution >= 4 is 60.7 Å². The first kappa shape index (κ1) is 16.7. The smallest absolute Gasteiger partial charge is 0.267 e. The lowest BCUT2D eigenvalue weighted by Gasteiger charge is -2.09. The third-order valence-electron chi connectivity index (χ3n) is 3.81. The summed E-state index contributed by atoms with van der Waals surface area (Å²) in [5, 5.41) is 18.8. The molecule has 0 atom stereocenters. The van der Waals surface area contributed by atoms with Crippen LogP contribution in [0.25, 0.3) is 10.9 Å². The van der Waals surface area contributed by atoms with Crippen LogP contribution in [0.15, 0.2) is 35.2 Å². The summed E-state index contributed by atoms with van der Waals surface area (Å²) in [6.45, 7) is 1.94. The first-order valence-corrected chi connectivity index (χ1v) is 9.29. The van der Waals surface area contributed by atoms with Gasteiger partial charge >= 0.3 is 0 Å². The van der Waals surface area contributed by atoms with Gasteiger partial charge in [-0.25, -0.2) is 4.98 Å². The Labute approximate surface area is 160 Å². The van der Waals surface area contributed by atoms with Gasteiger partial charge in [0.15, 0.2) is 10.9 Å². The highest BCUT2D eigenvalue weighted by molar-refractivity contribution is 9.10. The fourth-order valence-electron chi connectivity index (χ4n) is 2.54. The van der Waals surface area contributed by atoms with Gasteiger partial charge in [-0.2, -0.15) is 10.2 Å². The van der Waals surface area contributed by atoms with Gasteiger partial charge in [0, 0.05) is 19.3 Å². The van der Waals surface area contributed by atoms with E-state index in [1.165, 1.54) is 11.3 Å². The molecule has 0 radical (unpaired) electrons. The zero-order chi connectivity index (χ0) is 18.3. The van der Waals surface area contributed by atoms with Crippen LogP contribution >= 0.6 is 27.3 Å². The van der Waals surface area contributed by atoms with Crippen molar-refractivity contribution in [2.24, 2.45) is 7.05 Å². The number of anilines is 3. The molecule has 26 heavy (non-hydrogen) atoms. The van der Waals surface area contributed by atoms with Crippen molar-refractivity contribution in [2.75, 3.05) is 10.6 Å². The lowest BCUT2D eigenvalue weighted by Crippen LogP contribution is -2.11. The maximum absolute atomic E-state index is 12.7. The van der Waals surface area contributed by atoms with Gasteiger partial charge in [0.25, 0.3) is 5.91 Å². The van der Waals surface area contributed by atoms with E-state index in [4.69, 9.17) is 0 Å². The molecule has 8 nitrogen and oxygen atoms in total. The van der Waals surface area contributed by atoms with Crippen LogP contribution in [-0.2, 0) is 7.05 Å². The maximum Gasteiger partial charge on any atom is 0.267 e. The van der Waals surface area contributed by atoms with E-state index >= 15 is 0 Å². The number of carbonyl (C=O) groups excluding carboxylic acids is 1. The number of hydrogen-bond acceptors (Lipinski definition) is 6. The van der Waals surface area contributed by atoms with Gasteiger partial charge in [-0.3, -0.25) is 14.6 Å². The summed E-state index contributed by atoms with van der Waals surface area (Å²) in [7, 11) is 1.84. The Hall–Kier alpha value is -2.72. The first-order chi connectivity index (χ1) is 12.5. The van der Waals surface area contributed by atoms with Crippen LogP contribution in [0.2, 0.25) is 0 Å². The molecule has 3 heterocycles. The number of aromatic nitrogens is 5. The summed E-state index contributed by atoms with van der Waals surface area (Å²) in [6.07, 6.45) is 3.38. The first-order valence-electron chi connectivity index (χ1n) is 7.68. The molecular formula is C16H14BrN7OS. The number of fused-ring (bicyclic) bond motifs is 1. The summed E-state index contributed by atoms with van der Waals surface area (Å²) < 4.78 is 2.35. The molecule has 0 bridgehead atoms. The molecule has 1 aromatic carbocycles. The van der Waals surface area contributed by atoms with Crippen molar-refractivity contribution < 1.29 is 4.79 Å². The van der Waals surface area contributed by atoms with Crippen molar-refractivity contribution in [3.05, 3.63) is 45.6 Å². The number of nitrogens with zero attached hydrogens (tertiary/aromatic N) is 4. The largest absolute Gasteiger partial charge is 0.320 e. The SMILES string of the molecule is Cc1ccc2[nH]nc(Br)c2c1NC(=O)c1cnc(Nc2ccn(C)n2)s1. The van der Waals surface area contributed by atoms with Crippen LogP contribution in [0.4, 0.5) is 16.6 Å². The minimum atomic E-state index is -0.222. The number of amides is 1. The normalized spacial score (nSPS) is 11.0. The quantitative estimate of drug-likeness (QED) is 0.455. The van der Waals surface area contributed by atoms with E-state index in [2.05, 4.69) is 46.8 Å². The van der Waals surface area contributed by atoms with E-state index in [0.29, 0.717) is 20.4 Å². The second kappa shape index (κ2) is 6.54. The second-order valence-corrected chi connectivity index (χ2v) is 7.46. The highest BCUT2D eigenvalue weighted by Crippen LogP contribution is 2.32. The third kappa shape index (κ3) is 3.08. The molecule has 3 aromatic heterocycles. The Kier molecular flexibility index (Phi) is 4.21. The van der Waals surface area contributed by atoms with Gasteiger partial charge in [-0.1, -0.05) is 17.4 Å². The Morgan fingerprint density at radius 1 is 1.35 bits per heavy atom. The van der Waals surface area contributed by atoms with Gasteiger partial charge in [-0.15, -0.1) is 0 Å². The second-order valence-electron chi connectivity index (χ2n) is 5.68. The van der Waals surface area contributed by atoms with Gasteiger partial charge in [0.1, 0.15) is 9.48 Å². The number of H-pyrrole nitrogens is 1. The number of benzene rings is 1. The standard InChI is InChI=1S/C16H14BrN7OS/c1-8-3-4-9-12(14(17)22-21-9)13(8)20-15(25)10-7-18-16(26-10)19-11-5-6-24(2)23-11/h3-7H,1-2H3,(H,20,25)(H,21,22)(H,18,19,23). The van der Waals surface area contributed by atoms with Crippen LogP contribution in [-0.4, -0.2) is 30.9 Å². The average Bonchev–Trinajstić information content (AvgIpc) is 3.32. The summed E-state index contributed by atoms with van der Waals surface area (Å²) in [5.41, 5.74) is 2.52. The molecule has 0 saturated heterocycles. The Balaban J connectivity index is 1.58. The van der Waals surface area contributed by atoms with E-state index in [1.807, 2.05) is 38.4 Å². The number of thiazole rings is 1. The number of rotatable bonds is 4. The minimum Gasteiger partial charge on any atom is -0.320 e. The lowest BCUT2D eigenvalue weighted by molar-refractivity contribution is 0.103. The number of nitrogens with one attached hydrogen (secondary N) is 3. The number of hydrogen-bond donors (Lipinski definition) is 3. The highest BCUT2D eigenvalue weighted by atomic mass is 79.9. The molecule has 10 heteroatoms. The van der Waals surface area contributed by atoms with E-state index in [9.17, 15) is 4.79 Å². The topological polar surface area (TPSA) is 101 Å². The Morgan fingerprint density at radius 3 is 2.96 bits per heavy atom. The van der Waals surface area contributed by atoms with Crippen LogP contribution < -0.4 is 10.6 Å². The predicted molar refractivity (Wildman–Crippen MR) is 105 cm³/mol. The Morgan fingerprint density at radius 2 is 2.19 bits per heavy atom. The van der Waals surface area contributed by atoms with E-state index in [-0.39, 0.29) is 5.91 Å². The van der Waals surface area contributed by atoms with Crippen molar-refractivity contribution in [3.8, 4) is 0 Å². The summed E-state index contributed by atoms with van der Waals surface area (Å²) in [6, 6.07) is 5.70. The maximum atomic E-state index is 12.7. The number of aromatic amines is 1. The molecule has 0 saturated carbocycles. The average molecular weight is 432 g/mol. The molecule has 132 valence electrons. The van der Waals surface area contributed by atoms with Crippen molar-refractivity contribution in [3.63, 3.8) is 0 Å². The van der Waals surface area contributed by atoms with Crippen LogP contribution in [0, 0.1) is 6.92 Å². The molecule has 3 N–H and O–H groups in total. The molecule has 4 aromatic rings. The molecule has 4 rings (SSSR count). The van der Waals surface area contributed by atoms with Gasteiger partial charge in [0.05, 0.1) is 22.8 Å². The minimum absolute atomic E-state index is 0.222. The number of carbonyl (C=O) groups is 1. The summed E-state index contributed by atoms with van der Waals surface area (Å²) in [5.74, 6) is 0.456. The van der Waals surface area contributed by atoms with E-state index < -0.39 is 0 Å². The van der Waals surface area contributed by atoms with E-state index in [0.717, 1.165) is 22.2 Å². The molecule has 0 spiro atoms. The molecule has 0 aliphatic carbocycles. The molecular weight excluding hydrogens is 418 g/mol. The zero-order valence-corrected chi connectivity index (χ0v) is 16.3. The third-order valence-corrected chi connectivity index (χ3v) is 5.30. The Bertz CT molecular complexity index is 1110. The molecule has 0 fully saturated rings. The molecule has 0 aliphatic heterocycles. The van der Waals surface area contributed by atoms with Gasteiger partial charge in [0.2, 0.25) is 0 Å². The summed E-state index contributed by atoms with van der Waals surface area (Å²) >= 11 is 4.68. The lowest BCUT2D eigenvalue weighted by atomic mass is 10.1. The van der Waals surface area contributed by atoms with Crippen LogP contribution in [0.5, 0.6) is 0 Å². The molecule has 0 unspecified atom stereocenters. The van der Waals surface area contributed by atoms with Crippen molar-refractivity contribution in [2.45, 2.75) is 6.92 Å². The van der Waals surface area contributed by atoms with Crippen LogP contribution in [0.1, 0.15) is 15.2 Å². The van der Waals surface area contributed by atoms with E-state index in [1.54, 1.807) is 10.9 Å². The fraction of sp³-hybridized carbons (Fsp3) is 0.125. The zero-order valence-electron chi connectivity index (χ0n) is 13.9. The van der Waals surface area contributed by atoms with Gasteiger partial charge in [-0.05, 0) is 34.5 Å². The fourth-order valence-corrected chi connectivity index (χ4v) is 3.76. The number of halogens is 1. The van der Waals surface area contributed by atoms with Crippen molar-refractivity contribution in [1.29, 1.82) is 0 Å². The van der Waals surface area contributed by atoms with Crippen molar-refractivity contribution in [1.82, 2.24) is 25.0 Å². The van der Waals surface area contributed by atoms with Crippen LogP contribution in [0.3, 0.4) is 0 Å². The highest BCUT2D eigenvalue weighted by Gasteiger charge is 2.17. The summed E-state index contributed by atoms with van der Waals surface area (Å²) in [4.78, 5) is 17.4. The predicted octanol–water partition coefficient (Wildman–Crippen LogP) is 3.82. The monoisotopic (exact) mass is 431 g/mol. The molecule has 1 amide bonds.